The van der Waals surface area contributed by atoms with E-state index in [0.29, 0.717) is 19.6 Å². The van der Waals surface area contributed by atoms with Gasteiger partial charge in [0.1, 0.15) is 5.71 Å². The molecule has 1 saturated heterocycles. The molecule has 10 nitrogen and oxygen atoms in total. The Hall–Kier alpha value is -3.66. The van der Waals surface area contributed by atoms with E-state index in [4.69, 9.17) is 10.00 Å². The third-order valence-electron chi connectivity index (χ3n) is 5.69. The van der Waals surface area contributed by atoms with Crippen molar-refractivity contribution in [2.75, 3.05) is 26.7 Å². The zero-order chi connectivity index (χ0) is 25.1. The first kappa shape index (κ1) is 25.0. The molecule has 1 aromatic carbocycles. The van der Waals surface area contributed by atoms with Crippen LogP contribution in [0.5, 0.6) is 0 Å². The molecule has 2 aliphatic rings. The lowest BCUT2D eigenvalue weighted by atomic mass is 9.81. The molecule has 0 bridgehead atoms. The lowest BCUT2D eigenvalue weighted by molar-refractivity contribution is -0.139. The Balaban J connectivity index is 1.81. The number of likely N-dealkylation sites (tertiary alicyclic amines) is 1. The molecule has 1 aromatic rings. The van der Waals surface area contributed by atoms with Crippen LogP contribution in [0.25, 0.3) is 0 Å². The van der Waals surface area contributed by atoms with Crippen LogP contribution in [0.1, 0.15) is 36.5 Å². The molecule has 0 radical (unpaired) electrons. The topological polar surface area (TPSA) is 136 Å². The molecule has 3 N–H and O–H groups in total. The summed E-state index contributed by atoms with van der Waals surface area (Å²) in [5.74, 6) is -1.54. The van der Waals surface area contributed by atoms with E-state index in [1.807, 2.05) is 4.90 Å². The van der Waals surface area contributed by atoms with Gasteiger partial charge in [-0.2, -0.15) is 23.5 Å². The summed E-state index contributed by atoms with van der Waals surface area (Å²) in [5.41, 5.74) is -0.841. The minimum absolute atomic E-state index is 0.0652. The van der Waals surface area contributed by atoms with E-state index in [1.54, 1.807) is 13.0 Å². The van der Waals surface area contributed by atoms with Crippen molar-refractivity contribution in [2.45, 2.75) is 37.6 Å². The lowest BCUT2D eigenvalue weighted by Crippen LogP contribution is -2.57. The van der Waals surface area contributed by atoms with Gasteiger partial charge in [0.2, 0.25) is 0 Å². The molecule has 0 unspecified atom stereocenters. The lowest BCUT2D eigenvalue weighted by Gasteiger charge is -2.43. The molecule has 3 rings (SSSR count). The third kappa shape index (κ3) is 5.28. The Morgan fingerprint density at radius 2 is 2.00 bits per heavy atom. The van der Waals surface area contributed by atoms with E-state index < -0.39 is 35.2 Å². The first-order valence-electron chi connectivity index (χ1n) is 10.4. The number of halogens is 3. The Morgan fingerprint density at radius 1 is 1.32 bits per heavy atom. The van der Waals surface area contributed by atoms with Gasteiger partial charge >= 0.3 is 24.1 Å². The zero-order valence-corrected chi connectivity index (χ0v) is 18.5. The van der Waals surface area contributed by atoms with E-state index in [0.717, 1.165) is 12.1 Å². The molecule has 2 heterocycles. The number of nitriles is 1. The first-order valence-corrected chi connectivity index (χ1v) is 10.4. The van der Waals surface area contributed by atoms with Gasteiger partial charge in [-0.15, -0.1) is 0 Å². The van der Waals surface area contributed by atoms with E-state index in [9.17, 15) is 27.6 Å². The summed E-state index contributed by atoms with van der Waals surface area (Å²) in [6.07, 6.45) is -5.31. The number of rotatable bonds is 4. The van der Waals surface area contributed by atoms with E-state index in [2.05, 4.69) is 21.2 Å². The normalized spacial score (nSPS) is 18.7. The van der Waals surface area contributed by atoms with Gasteiger partial charge in [0.25, 0.3) is 0 Å². The summed E-state index contributed by atoms with van der Waals surface area (Å²) in [4.78, 5) is 37.0. The van der Waals surface area contributed by atoms with Gasteiger partial charge in [0, 0.05) is 51.1 Å². The SMILES string of the molecule is CNC(=O)C(=O)N[C@@H](C)CN1CCC2(CC1)OC(=O)NN=C2c1ccc(C#N)cc1C(F)(F)F. The molecule has 3 amide bonds. The molecular formula is C21H23F3N6O4. The molecule has 1 fully saturated rings. The highest BCUT2D eigenvalue weighted by molar-refractivity contribution is 6.35. The third-order valence-corrected chi connectivity index (χ3v) is 5.69. The fourth-order valence-electron chi connectivity index (χ4n) is 4.08. The highest BCUT2D eigenvalue weighted by Crippen LogP contribution is 2.39. The predicted molar refractivity (Wildman–Crippen MR) is 112 cm³/mol. The van der Waals surface area contributed by atoms with Gasteiger partial charge in [0.15, 0.2) is 5.60 Å². The minimum atomic E-state index is -4.76. The average molecular weight is 480 g/mol. The molecule has 0 aliphatic carbocycles. The number of carbonyl (C=O) groups excluding carboxylic acids is 3. The maximum atomic E-state index is 13.8. The van der Waals surface area contributed by atoms with Crippen molar-refractivity contribution >= 4 is 23.6 Å². The second-order valence-corrected chi connectivity index (χ2v) is 8.08. The van der Waals surface area contributed by atoms with Gasteiger partial charge in [-0.25, -0.2) is 10.2 Å². The number of nitrogens with zero attached hydrogens (tertiary/aromatic N) is 3. The number of amides is 3. The Kier molecular flexibility index (Phi) is 7.11. The van der Waals surface area contributed by atoms with Gasteiger partial charge in [-0.05, 0) is 19.1 Å². The van der Waals surface area contributed by atoms with Crippen LogP contribution in [0.3, 0.4) is 0 Å². The molecule has 182 valence electrons. The molecule has 34 heavy (non-hydrogen) atoms. The van der Waals surface area contributed by atoms with Crippen molar-refractivity contribution in [3.05, 3.63) is 34.9 Å². The molecule has 1 atom stereocenters. The minimum Gasteiger partial charge on any atom is -0.435 e. The quantitative estimate of drug-likeness (QED) is 0.553. The van der Waals surface area contributed by atoms with Crippen molar-refractivity contribution < 1.29 is 32.3 Å². The molecule has 0 aromatic heterocycles. The average Bonchev–Trinajstić information content (AvgIpc) is 2.79. The summed E-state index contributed by atoms with van der Waals surface area (Å²) in [6, 6.07) is 4.47. The molecule has 2 aliphatic heterocycles. The van der Waals surface area contributed by atoms with Crippen molar-refractivity contribution in [1.82, 2.24) is 21.0 Å². The van der Waals surface area contributed by atoms with E-state index >= 15 is 0 Å². The second kappa shape index (κ2) is 9.68. The van der Waals surface area contributed by atoms with E-state index in [1.165, 1.54) is 13.1 Å². The predicted octanol–water partition coefficient (Wildman–Crippen LogP) is 1.11. The first-order chi connectivity index (χ1) is 16.0. The van der Waals surface area contributed by atoms with Crippen LogP contribution in [0.4, 0.5) is 18.0 Å². The summed E-state index contributed by atoms with van der Waals surface area (Å²) < 4.78 is 46.8. The highest BCUT2D eigenvalue weighted by atomic mass is 19.4. The van der Waals surface area contributed by atoms with Crippen LogP contribution in [-0.4, -0.2) is 66.8 Å². The molecular weight excluding hydrogens is 457 g/mol. The molecule has 13 heteroatoms. The van der Waals surface area contributed by atoms with Gasteiger partial charge in [0.05, 0.1) is 17.2 Å². The number of hydrogen-bond acceptors (Lipinski definition) is 7. The number of hydrazone groups is 1. The highest BCUT2D eigenvalue weighted by Gasteiger charge is 2.48. The van der Waals surface area contributed by atoms with Crippen molar-refractivity contribution in [2.24, 2.45) is 5.10 Å². The number of likely N-dealkylation sites (N-methyl/N-ethyl adjacent to an activating group) is 1. The molecule has 0 saturated carbocycles. The number of carbonyl (C=O) groups is 3. The monoisotopic (exact) mass is 480 g/mol. The maximum absolute atomic E-state index is 13.8. The summed E-state index contributed by atoms with van der Waals surface area (Å²) >= 11 is 0. The number of piperidine rings is 1. The van der Waals surface area contributed by atoms with E-state index in [-0.39, 0.29) is 35.7 Å². The number of alkyl halides is 3. The van der Waals surface area contributed by atoms with Crippen molar-refractivity contribution in [1.29, 1.82) is 5.26 Å². The molecule has 1 spiro atoms. The Labute approximate surface area is 193 Å². The van der Waals surface area contributed by atoms with Crippen LogP contribution < -0.4 is 16.1 Å². The Morgan fingerprint density at radius 3 is 2.59 bits per heavy atom. The van der Waals surface area contributed by atoms with Crippen LogP contribution in [-0.2, 0) is 20.5 Å². The number of nitrogens with one attached hydrogen (secondary N) is 3. The number of benzene rings is 1. The smallest absolute Gasteiger partial charge is 0.428 e. The fraction of sp³-hybridized carbons (Fsp3) is 0.476. The summed E-state index contributed by atoms with van der Waals surface area (Å²) in [5, 5.41) is 17.7. The van der Waals surface area contributed by atoms with Crippen LogP contribution in [0.2, 0.25) is 0 Å². The Bertz CT molecular complexity index is 1060. The second-order valence-electron chi connectivity index (χ2n) is 8.08. The van der Waals surface area contributed by atoms with Crippen molar-refractivity contribution in [3.63, 3.8) is 0 Å². The zero-order valence-electron chi connectivity index (χ0n) is 18.5. The number of hydrogen-bond donors (Lipinski definition) is 3. The van der Waals surface area contributed by atoms with Gasteiger partial charge in [-0.1, -0.05) is 6.07 Å². The summed E-state index contributed by atoms with van der Waals surface area (Å²) in [7, 11) is 1.34. The fourth-order valence-corrected chi connectivity index (χ4v) is 4.08. The van der Waals surface area contributed by atoms with Crippen LogP contribution in [0.15, 0.2) is 23.3 Å². The van der Waals surface area contributed by atoms with Gasteiger partial charge < -0.3 is 20.3 Å². The maximum Gasteiger partial charge on any atom is 0.428 e. The standard InChI is InChI=1S/C21H23F3N6O4/c1-12(27-18(32)17(31)26-2)11-30-7-5-20(6-8-30)16(28-29-19(33)34-20)14-4-3-13(10-25)9-15(14)21(22,23)24/h3-4,9,12H,5-8,11H2,1-2H3,(H,26,31)(H,27,32)(H,29,33)/t12-/m0/s1. The summed E-state index contributed by atoms with van der Waals surface area (Å²) in [6.45, 7) is 2.77. The van der Waals surface area contributed by atoms with Gasteiger partial charge in [-0.3, -0.25) is 9.59 Å². The van der Waals surface area contributed by atoms with Crippen LogP contribution >= 0.6 is 0 Å². The van der Waals surface area contributed by atoms with Crippen LogP contribution in [0, 0.1) is 11.3 Å². The van der Waals surface area contributed by atoms with Crippen molar-refractivity contribution in [3.8, 4) is 6.07 Å². The largest absolute Gasteiger partial charge is 0.435 e. The number of ether oxygens (including phenoxy) is 1.